The molecular weight excluding hydrogens is 350 g/mol. The third kappa shape index (κ3) is 2.90. The lowest BCUT2D eigenvalue weighted by Crippen LogP contribution is -2.34. The molecule has 0 radical (unpaired) electrons. The molecule has 1 N–H and O–H groups in total. The van der Waals surface area contributed by atoms with Gasteiger partial charge in [-0.3, -0.25) is 14.2 Å². The molecule has 3 aromatic rings. The second-order valence-corrected chi connectivity index (χ2v) is 7.58. The Bertz CT molecular complexity index is 1030. The van der Waals surface area contributed by atoms with Gasteiger partial charge in [-0.25, -0.2) is 9.67 Å². The van der Waals surface area contributed by atoms with E-state index in [0.717, 1.165) is 5.69 Å². The summed E-state index contributed by atoms with van der Waals surface area (Å²) in [5.74, 6) is 0.615. The highest BCUT2D eigenvalue weighted by Gasteiger charge is 2.29. The average Bonchev–Trinajstić information content (AvgIpc) is 3.20. The number of amides is 1. The quantitative estimate of drug-likeness (QED) is 0.713. The number of aromatic nitrogens is 4. The van der Waals surface area contributed by atoms with E-state index in [1.54, 1.807) is 15.4 Å². The van der Waals surface area contributed by atoms with Gasteiger partial charge in [-0.05, 0) is 26.0 Å². The fraction of sp³-hybridized carbons (Fsp3) is 0.333. The zero-order valence-corrected chi connectivity index (χ0v) is 15.4. The van der Waals surface area contributed by atoms with Crippen LogP contribution in [0.2, 0.25) is 0 Å². The van der Waals surface area contributed by atoms with Gasteiger partial charge in [-0.1, -0.05) is 30.0 Å². The van der Waals surface area contributed by atoms with Crippen LogP contribution in [0.15, 0.2) is 46.5 Å². The Balaban J connectivity index is 1.74. The van der Waals surface area contributed by atoms with E-state index in [1.807, 2.05) is 44.2 Å². The van der Waals surface area contributed by atoms with Crippen LogP contribution in [0.4, 0.5) is 0 Å². The van der Waals surface area contributed by atoms with Crippen molar-refractivity contribution in [3.63, 3.8) is 0 Å². The van der Waals surface area contributed by atoms with Gasteiger partial charge in [0.1, 0.15) is 5.39 Å². The van der Waals surface area contributed by atoms with E-state index in [1.165, 1.54) is 11.8 Å². The minimum Gasteiger partial charge on any atom is -0.354 e. The average molecular weight is 369 g/mol. The molecule has 0 bridgehead atoms. The Labute approximate surface area is 154 Å². The predicted octanol–water partition coefficient (Wildman–Crippen LogP) is 2.14. The van der Waals surface area contributed by atoms with Crippen LogP contribution in [-0.4, -0.2) is 37.0 Å². The molecule has 8 heteroatoms. The Morgan fingerprint density at radius 1 is 1.35 bits per heavy atom. The number of nitrogens with one attached hydrogen (secondary N) is 1. The third-order valence-corrected chi connectivity index (χ3v) is 5.34. The smallest absolute Gasteiger partial charge is 0.265 e. The molecule has 7 nitrogen and oxygen atoms in total. The molecule has 1 atom stereocenters. The largest absolute Gasteiger partial charge is 0.354 e. The van der Waals surface area contributed by atoms with E-state index >= 15 is 0 Å². The van der Waals surface area contributed by atoms with Gasteiger partial charge in [0.05, 0.1) is 17.9 Å². The maximum atomic E-state index is 13.0. The van der Waals surface area contributed by atoms with Crippen LogP contribution >= 0.6 is 11.8 Å². The topological polar surface area (TPSA) is 81.8 Å². The highest BCUT2D eigenvalue weighted by Crippen LogP contribution is 2.33. The van der Waals surface area contributed by atoms with Crippen LogP contribution in [0.1, 0.15) is 26.3 Å². The summed E-state index contributed by atoms with van der Waals surface area (Å²) in [4.78, 5) is 29.8. The molecule has 1 aromatic carbocycles. The predicted molar refractivity (Wildman–Crippen MR) is 101 cm³/mol. The van der Waals surface area contributed by atoms with Crippen LogP contribution < -0.4 is 10.9 Å². The van der Waals surface area contributed by atoms with Crippen molar-refractivity contribution in [2.24, 2.45) is 0 Å². The fourth-order valence-electron chi connectivity index (χ4n) is 3.13. The molecule has 0 saturated heterocycles. The lowest BCUT2D eigenvalue weighted by molar-refractivity contribution is -0.122. The molecule has 0 saturated carbocycles. The maximum Gasteiger partial charge on any atom is 0.265 e. The molecule has 1 aliphatic heterocycles. The number of carbonyl (C=O) groups excluding carboxylic acids is 1. The van der Waals surface area contributed by atoms with Gasteiger partial charge in [-0.15, -0.1) is 0 Å². The van der Waals surface area contributed by atoms with Crippen molar-refractivity contribution in [2.45, 2.75) is 37.5 Å². The molecule has 2 aromatic heterocycles. The van der Waals surface area contributed by atoms with E-state index in [9.17, 15) is 9.59 Å². The van der Waals surface area contributed by atoms with Crippen molar-refractivity contribution in [3.8, 4) is 5.69 Å². The minimum absolute atomic E-state index is 0.0505. The number of nitrogens with zero attached hydrogens (tertiary/aromatic N) is 4. The van der Waals surface area contributed by atoms with Crippen molar-refractivity contribution in [1.82, 2.24) is 24.6 Å². The lowest BCUT2D eigenvalue weighted by Gasteiger charge is -2.14. The second-order valence-electron chi connectivity index (χ2n) is 6.59. The van der Waals surface area contributed by atoms with Gasteiger partial charge in [0.15, 0.2) is 10.8 Å². The first-order chi connectivity index (χ1) is 12.5. The molecule has 1 unspecified atom stereocenters. The van der Waals surface area contributed by atoms with Crippen molar-refractivity contribution >= 4 is 28.7 Å². The maximum absolute atomic E-state index is 13.0. The number of hydrogen-bond donors (Lipinski definition) is 1. The molecule has 0 aliphatic carbocycles. The Hall–Kier alpha value is -2.61. The summed E-state index contributed by atoms with van der Waals surface area (Å²) in [6.07, 6.45) is 1.83. The van der Waals surface area contributed by atoms with Crippen molar-refractivity contribution in [2.75, 3.05) is 5.75 Å². The number of fused-ring (bicyclic) bond motifs is 2. The van der Waals surface area contributed by atoms with Gasteiger partial charge in [0.25, 0.3) is 5.56 Å². The lowest BCUT2D eigenvalue weighted by atomic mass is 10.2. The summed E-state index contributed by atoms with van der Waals surface area (Å²) in [5.41, 5.74) is 1.27. The highest BCUT2D eigenvalue weighted by molar-refractivity contribution is 7.99. The summed E-state index contributed by atoms with van der Waals surface area (Å²) in [5, 5.41) is 8.34. The first kappa shape index (κ1) is 16.8. The summed E-state index contributed by atoms with van der Waals surface area (Å²) in [6.45, 7) is 3.84. The van der Waals surface area contributed by atoms with E-state index in [2.05, 4.69) is 15.4 Å². The molecule has 0 spiro atoms. The summed E-state index contributed by atoms with van der Waals surface area (Å²) >= 11 is 1.50. The van der Waals surface area contributed by atoms with Crippen molar-refractivity contribution in [3.05, 3.63) is 46.9 Å². The van der Waals surface area contributed by atoms with Crippen LogP contribution in [0.3, 0.4) is 0 Å². The van der Waals surface area contributed by atoms with Gasteiger partial charge in [-0.2, -0.15) is 5.10 Å². The minimum atomic E-state index is -0.182. The molecule has 3 heterocycles. The van der Waals surface area contributed by atoms with Crippen molar-refractivity contribution < 1.29 is 4.79 Å². The summed E-state index contributed by atoms with van der Waals surface area (Å²) in [7, 11) is 0. The molecule has 0 fully saturated rings. The normalized spacial score (nSPS) is 16.2. The van der Waals surface area contributed by atoms with E-state index in [4.69, 9.17) is 0 Å². The Morgan fingerprint density at radius 2 is 2.12 bits per heavy atom. The Kier molecular flexibility index (Phi) is 4.28. The molecule has 134 valence electrons. The first-order valence-electron chi connectivity index (χ1n) is 8.52. The second kappa shape index (κ2) is 6.60. The van der Waals surface area contributed by atoms with Crippen LogP contribution in [0.25, 0.3) is 16.7 Å². The van der Waals surface area contributed by atoms with Gasteiger partial charge in [0, 0.05) is 18.2 Å². The van der Waals surface area contributed by atoms with Gasteiger partial charge in [0.2, 0.25) is 5.91 Å². The standard InChI is InChI=1S/C18H19N5O2S/c1-11(2)20-15(24)8-13-10-26-18-21-16-14(17(25)22(13)18)9-19-23(16)12-6-4-3-5-7-12/h3-7,9,11,13H,8,10H2,1-2H3,(H,20,24). The molecular formula is C18H19N5O2S. The van der Waals surface area contributed by atoms with Crippen molar-refractivity contribution in [1.29, 1.82) is 0 Å². The fourth-order valence-corrected chi connectivity index (χ4v) is 4.26. The van der Waals surface area contributed by atoms with Crippen LogP contribution in [-0.2, 0) is 4.79 Å². The number of carbonyl (C=O) groups is 1. The number of hydrogen-bond acceptors (Lipinski definition) is 5. The monoisotopic (exact) mass is 369 g/mol. The molecule has 1 aliphatic rings. The van der Waals surface area contributed by atoms with Crippen LogP contribution in [0.5, 0.6) is 0 Å². The zero-order chi connectivity index (χ0) is 18.3. The molecule has 4 rings (SSSR count). The SMILES string of the molecule is CC(C)NC(=O)CC1CSc2nc3c(cnn3-c3ccccc3)c(=O)n21. The third-order valence-electron chi connectivity index (χ3n) is 4.24. The Morgan fingerprint density at radius 3 is 2.85 bits per heavy atom. The van der Waals surface area contributed by atoms with E-state index in [0.29, 0.717) is 21.9 Å². The zero-order valence-electron chi connectivity index (χ0n) is 14.5. The van der Waals surface area contributed by atoms with Crippen LogP contribution in [0, 0.1) is 0 Å². The molecule has 26 heavy (non-hydrogen) atoms. The number of para-hydroxylation sites is 1. The number of benzene rings is 1. The number of thioether (sulfide) groups is 1. The number of rotatable bonds is 4. The van der Waals surface area contributed by atoms with Gasteiger partial charge >= 0.3 is 0 Å². The van der Waals surface area contributed by atoms with E-state index in [-0.39, 0.29) is 30.0 Å². The first-order valence-corrected chi connectivity index (χ1v) is 9.51. The van der Waals surface area contributed by atoms with E-state index < -0.39 is 0 Å². The van der Waals surface area contributed by atoms with Gasteiger partial charge < -0.3 is 5.32 Å². The molecule has 1 amide bonds. The summed E-state index contributed by atoms with van der Waals surface area (Å²) < 4.78 is 3.32. The summed E-state index contributed by atoms with van der Waals surface area (Å²) in [6, 6.07) is 9.51. The highest BCUT2D eigenvalue weighted by atomic mass is 32.2.